The van der Waals surface area contributed by atoms with E-state index in [1.807, 2.05) is 19.1 Å². The Hall–Kier alpha value is -1.86. The highest BCUT2D eigenvalue weighted by Crippen LogP contribution is 2.31. The van der Waals surface area contributed by atoms with Gasteiger partial charge in [0.2, 0.25) is 0 Å². The van der Waals surface area contributed by atoms with Crippen LogP contribution in [0.3, 0.4) is 0 Å². The topological polar surface area (TPSA) is 80.0 Å². The van der Waals surface area contributed by atoms with Gasteiger partial charge in [-0.25, -0.2) is 10.8 Å². The fourth-order valence-electron chi connectivity index (χ4n) is 2.17. The first kappa shape index (κ1) is 16.0. The molecule has 1 aromatic heterocycles. The number of nitrogen functional groups attached to an aromatic ring is 1. The van der Waals surface area contributed by atoms with Crippen molar-refractivity contribution >= 4 is 61.5 Å². The molecule has 8 heteroatoms. The lowest BCUT2D eigenvalue weighted by atomic mass is 10.1. The van der Waals surface area contributed by atoms with Crippen LogP contribution in [0.4, 0.5) is 10.8 Å². The van der Waals surface area contributed by atoms with Gasteiger partial charge in [0.1, 0.15) is 0 Å². The van der Waals surface area contributed by atoms with Gasteiger partial charge >= 0.3 is 0 Å². The zero-order valence-electron chi connectivity index (χ0n) is 12.0. The van der Waals surface area contributed by atoms with Crippen LogP contribution in [0.15, 0.2) is 30.3 Å². The number of nitrogens with zero attached hydrogens (tertiary/aromatic N) is 1. The number of nitrogens with one attached hydrogen (secondary N) is 2. The number of halogens is 2. The second-order valence-electron chi connectivity index (χ2n) is 4.89. The van der Waals surface area contributed by atoms with E-state index in [1.165, 1.54) is 17.4 Å². The molecular formula is C15H12Cl2N4OS. The molecule has 0 saturated heterocycles. The Labute approximate surface area is 146 Å². The Kier molecular flexibility index (Phi) is 4.41. The number of thiazole rings is 1. The maximum Gasteiger partial charge on any atom is 0.255 e. The molecule has 0 saturated carbocycles. The quantitative estimate of drug-likeness (QED) is 0.472. The van der Waals surface area contributed by atoms with Gasteiger partial charge in [0.15, 0.2) is 5.13 Å². The Morgan fingerprint density at radius 3 is 2.70 bits per heavy atom. The number of anilines is 2. The lowest BCUT2D eigenvalue weighted by Gasteiger charge is -2.07. The number of nitrogens with two attached hydrogens (primary N) is 1. The highest BCUT2D eigenvalue weighted by Gasteiger charge is 2.11. The van der Waals surface area contributed by atoms with Gasteiger partial charge in [0.05, 0.1) is 20.3 Å². The van der Waals surface area contributed by atoms with Gasteiger partial charge in [0.25, 0.3) is 5.91 Å². The fraction of sp³-hybridized carbons (Fsp3) is 0.0667. The summed E-state index contributed by atoms with van der Waals surface area (Å²) in [5.41, 5.74) is 5.45. The van der Waals surface area contributed by atoms with Crippen LogP contribution in [0.5, 0.6) is 0 Å². The SMILES string of the molecule is Cc1cc(NC(=O)c2ccc(Cl)c(Cl)c2)cc2sc(NN)nc12. The summed E-state index contributed by atoms with van der Waals surface area (Å²) >= 11 is 13.2. The molecule has 0 aliphatic rings. The van der Waals surface area contributed by atoms with Crippen molar-refractivity contribution in [3.8, 4) is 0 Å². The third-order valence-corrected chi connectivity index (χ3v) is 4.92. The van der Waals surface area contributed by atoms with Gasteiger partial charge in [-0.05, 0) is 42.8 Å². The van der Waals surface area contributed by atoms with Crippen LogP contribution in [0.1, 0.15) is 15.9 Å². The van der Waals surface area contributed by atoms with Crippen LogP contribution in [0.25, 0.3) is 10.2 Å². The van der Waals surface area contributed by atoms with Crippen molar-refractivity contribution in [3.63, 3.8) is 0 Å². The molecule has 3 rings (SSSR count). The summed E-state index contributed by atoms with van der Waals surface area (Å²) in [6, 6.07) is 8.47. The number of hydrazine groups is 1. The Morgan fingerprint density at radius 1 is 1.22 bits per heavy atom. The molecule has 1 heterocycles. The summed E-state index contributed by atoms with van der Waals surface area (Å²) in [5, 5.41) is 4.22. The van der Waals surface area contributed by atoms with Crippen LogP contribution < -0.4 is 16.6 Å². The van der Waals surface area contributed by atoms with E-state index in [-0.39, 0.29) is 5.91 Å². The number of rotatable bonds is 3. The summed E-state index contributed by atoms with van der Waals surface area (Å²) in [6.45, 7) is 1.93. The monoisotopic (exact) mass is 366 g/mol. The van der Waals surface area contributed by atoms with Crippen LogP contribution >= 0.6 is 34.5 Å². The minimum absolute atomic E-state index is 0.260. The molecule has 0 atom stereocenters. The lowest BCUT2D eigenvalue weighted by Crippen LogP contribution is -2.11. The first-order valence-corrected chi connectivity index (χ1v) is 8.19. The zero-order chi connectivity index (χ0) is 16.6. The number of fused-ring (bicyclic) bond motifs is 1. The highest BCUT2D eigenvalue weighted by molar-refractivity contribution is 7.22. The molecule has 3 aromatic rings. The van der Waals surface area contributed by atoms with E-state index in [0.717, 1.165) is 15.8 Å². The number of carbonyl (C=O) groups excluding carboxylic acids is 1. The largest absolute Gasteiger partial charge is 0.322 e. The van der Waals surface area contributed by atoms with E-state index >= 15 is 0 Å². The van der Waals surface area contributed by atoms with Gasteiger partial charge in [0, 0.05) is 11.3 Å². The van der Waals surface area contributed by atoms with E-state index in [9.17, 15) is 4.79 Å². The summed E-state index contributed by atoms with van der Waals surface area (Å²) < 4.78 is 0.933. The number of aromatic nitrogens is 1. The Morgan fingerprint density at radius 2 is 2.00 bits per heavy atom. The second kappa shape index (κ2) is 6.33. The summed E-state index contributed by atoms with van der Waals surface area (Å²) in [6.07, 6.45) is 0. The fourth-order valence-corrected chi connectivity index (χ4v) is 3.36. The Bertz CT molecular complexity index is 910. The van der Waals surface area contributed by atoms with Gasteiger partial charge in [-0.2, -0.15) is 0 Å². The second-order valence-corrected chi connectivity index (χ2v) is 6.73. The third kappa shape index (κ3) is 3.25. The van der Waals surface area contributed by atoms with Crippen LogP contribution in [0.2, 0.25) is 10.0 Å². The van der Waals surface area contributed by atoms with Crippen molar-refractivity contribution in [2.75, 3.05) is 10.7 Å². The van der Waals surface area contributed by atoms with Crippen LogP contribution in [-0.2, 0) is 0 Å². The summed E-state index contributed by atoms with van der Waals surface area (Å²) in [4.78, 5) is 16.7. The van der Waals surface area contributed by atoms with Gasteiger partial charge in [-0.15, -0.1) is 0 Å². The van der Waals surface area contributed by atoms with Crippen molar-refractivity contribution in [2.45, 2.75) is 6.92 Å². The molecule has 118 valence electrons. The number of aryl methyl sites for hydroxylation is 1. The van der Waals surface area contributed by atoms with Crippen molar-refractivity contribution in [2.24, 2.45) is 5.84 Å². The minimum Gasteiger partial charge on any atom is -0.322 e. The number of hydrogen-bond acceptors (Lipinski definition) is 5. The molecule has 4 N–H and O–H groups in total. The van der Waals surface area contributed by atoms with E-state index in [4.69, 9.17) is 29.0 Å². The predicted molar refractivity (Wildman–Crippen MR) is 96.6 cm³/mol. The smallest absolute Gasteiger partial charge is 0.255 e. The van der Waals surface area contributed by atoms with E-state index in [0.29, 0.717) is 26.4 Å². The van der Waals surface area contributed by atoms with E-state index in [2.05, 4.69) is 15.7 Å². The van der Waals surface area contributed by atoms with Crippen molar-refractivity contribution < 1.29 is 4.79 Å². The number of hydrogen-bond donors (Lipinski definition) is 3. The summed E-state index contributed by atoms with van der Waals surface area (Å²) in [5.74, 6) is 5.13. The van der Waals surface area contributed by atoms with Gasteiger partial charge in [-0.3, -0.25) is 10.2 Å². The van der Waals surface area contributed by atoms with Crippen molar-refractivity contribution in [3.05, 3.63) is 51.5 Å². The Balaban J connectivity index is 1.91. The minimum atomic E-state index is -0.260. The first-order chi connectivity index (χ1) is 11.0. The van der Waals surface area contributed by atoms with Gasteiger partial charge < -0.3 is 5.32 Å². The molecule has 0 radical (unpaired) electrons. The molecule has 0 unspecified atom stereocenters. The number of carbonyl (C=O) groups is 1. The van der Waals surface area contributed by atoms with Gasteiger partial charge in [-0.1, -0.05) is 34.5 Å². The predicted octanol–water partition coefficient (Wildman–Crippen LogP) is 4.45. The molecule has 1 amide bonds. The maximum atomic E-state index is 12.3. The molecule has 2 aromatic carbocycles. The maximum absolute atomic E-state index is 12.3. The van der Waals surface area contributed by atoms with Crippen LogP contribution in [0, 0.1) is 6.92 Å². The highest BCUT2D eigenvalue weighted by atomic mass is 35.5. The molecule has 5 nitrogen and oxygen atoms in total. The van der Waals surface area contributed by atoms with E-state index < -0.39 is 0 Å². The van der Waals surface area contributed by atoms with Crippen LogP contribution in [-0.4, -0.2) is 10.9 Å². The lowest BCUT2D eigenvalue weighted by molar-refractivity contribution is 0.102. The standard InChI is InChI=1S/C15H12Cl2N4OS/c1-7-4-9(6-12-13(7)20-15(21-18)23-12)19-14(22)8-2-3-10(16)11(17)5-8/h2-6H,18H2,1H3,(H,19,22)(H,20,21). The number of amides is 1. The molecule has 0 fully saturated rings. The third-order valence-electron chi connectivity index (χ3n) is 3.25. The van der Waals surface area contributed by atoms with Crippen molar-refractivity contribution in [1.82, 2.24) is 4.98 Å². The molecule has 0 spiro atoms. The molecule has 0 aliphatic carbocycles. The zero-order valence-corrected chi connectivity index (χ0v) is 14.3. The molecule has 0 aliphatic heterocycles. The normalized spacial score (nSPS) is 10.8. The molecule has 0 bridgehead atoms. The van der Waals surface area contributed by atoms with Crippen molar-refractivity contribution in [1.29, 1.82) is 0 Å². The molecule has 23 heavy (non-hydrogen) atoms. The molecular weight excluding hydrogens is 355 g/mol. The van der Waals surface area contributed by atoms with E-state index in [1.54, 1.807) is 12.1 Å². The average molecular weight is 367 g/mol. The number of benzene rings is 2. The average Bonchev–Trinajstić information content (AvgIpc) is 2.93. The first-order valence-electron chi connectivity index (χ1n) is 6.62. The summed E-state index contributed by atoms with van der Waals surface area (Å²) in [7, 11) is 0.